The molecule has 80 valence electrons. The van der Waals surface area contributed by atoms with Gasteiger partial charge in [-0.25, -0.2) is 4.79 Å². The summed E-state index contributed by atoms with van der Waals surface area (Å²) < 4.78 is 5.23. The van der Waals surface area contributed by atoms with Crippen molar-refractivity contribution in [1.82, 2.24) is 5.06 Å². The van der Waals surface area contributed by atoms with Crippen molar-refractivity contribution in [3.05, 3.63) is 35.9 Å². The molecule has 1 aromatic carbocycles. The van der Waals surface area contributed by atoms with Crippen LogP contribution in [0.1, 0.15) is 16.8 Å². The zero-order valence-corrected chi connectivity index (χ0v) is 8.30. The van der Waals surface area contributed by atoms with E-state index in [4.69, 9.17) is 9.94 Å². The van der Waals surface area contributed by atoms with Crippen LogP contribution >= 0.6 is 0 Å². The van der Waals surface area contributed by atoms with Crippen LogP contribution in [0.5, 0.6) is 0 Å². The Morgan fingerprint density at radius 3 is 2.73 bits per heavy atom. The van der Waals surface area contributed by atoms with Crippen LogP contribution in [0, 0.1) is 0 Å². The van der Waals surface area contributed by atoms with E-state index in [1.165, 1.54) is 5.06 Å². The van der Waals surface area contributed by atoms with E-state index in [0.717, 1.165) is 0 Å². The summed E-state index contributed by atoms with van der Waals surface area (Å²) in [6.45, 7) is 0.964. The summed E-state index contributed by atoms with van der Waals surface area (Å²) in [6, 6.07) is 8.87. The quantitative estimate of drug-likeness (QED) is 0.743. The van der Waals surface area contributed by atoms with Gasteiger partial charge < -0.3 is 9.94 Å². The summed E-state index contributed by atoms with van der Waals surface area (Å²) in [7, 11) is 0. The van der Waals surface area contributed by atoms with Gasteiger partial charge in [0.15, 0.2) is 0 Å². The van der Waals surface area contributed by atoms with Gasteiger partial charge in [0.1, 0.15) is 6.10 Å². The summed E-state index contributed by atoms with van der Waals surface area (Å²) in [5.41, 5.74) is 0.550. The van der Waals surface area contributed by atoms with Gasteiger partial charge in [0.05, 0.1) is 12.1 Å². The van der Waals surface area contributed by atoms with Crippen LogP contribution in [0.3, 0.4) is 0 Å². The van der Waals surface area contributed by atoms with Crippen molar-refractivity contribution in [2.75, 3.05) is 13.1 Å². The van der Waals surface area contributed by atoms with Crippen molar-refractivity contribution >= 4 is 5.97 Å². The highest BCUT2D eigenvalue weighted by Gasteiger charge is 2.24. The highest BCUT2D eigenvalue weighted by Crippen LogP contribution is 2.12. The van der Waals surface area contributed by atoms with Gasteiger partial charge in [-0.05, 0) is 12.1 Å². The third kappa shape index (κ3) is 2.55. The number of esters is 1. The molecule has 0 spiro atoms. The molecule has 1 aromatic rings. The van der Waals surface area contributed by atoms with Crippen LogP contribution in [0.2, 0.25) is 0 Å². The number of hydrogen-bond acceptors (Lipinski definition) is 4. The number of hydrogen-bond donors (Lipinski definition) is 1. The Hall–Kier alpha value is -1.39. The minimum Gasteiger partial charge on any atom is -0.457 e. The molecule has 4 nitrogen and oxygen atoms in total. The first-order valence-corrected chi connectivity index (χ1v) is 4.95. The molecular weight excluding hydrogens is 194 g/mol. The Labute approximate surface area is 88.0 Å². The molecule has 0 radical (unpaired) electrons. The number of carbonyl (C=O) groups is 1. The second-order valence-electron chi connectivity index (χ2n) is 3.59. The number of nitrogens with zero attached hydrogens (tertiary/aromatic N) is 1. The maximum atomic E-state index is 11.6. The largest absolute Gasteiger partial charge is 0.457 e. The van der Waals surface area contributed by atoms with Crippen LogP contribution in [0.25, 0.3) is 0 Å². The van der Waals surface area contributed by atoms with E-state index in [2.05, 4.69) is 0 Å². The van der Waals surface area contributed by atoms with Gasteiger partial charge in [-0.3, -0.25) is 0 Å². The Morgan fingerprint density at radius 1 is 1.40 bits per heavy atom. The Morgan fingerprint density at radius 2 is 2.13 bits per heavy atom. The van der Waals surface area contributed by atoms with E-state index in [-0.39, 0.29) is 12.1 Å². The minimum atomic E-state index is -0.323. The smallest absolute Gasteiger partial charge is 0.338 e. The van der Waals surface area contributed by atoms with Crippen molar-refractivity contribution in [2.45, 2.75) is 12.5 Å². The van der Waals surface area contributed by atoms with Crippen LogP contribution in [-0.4, -0.2) is 35.4 Å². The predicted octanol–water partition coefficient (Wildman–Crippen LogP) is 1.31. The van der Waals surface area contributed by atoms with Crippen molar-refractivity contribution in [1.29, 1.82) is 0 Å². The molecule has 0 amide bonds. The first-order chi connectivity index (χ1) is 7.25. The fourth-order valence-electron chi connectivity index (χ4n) is 1.60. The zero-order chi connectivity index (χ0) is 10.7. The third-order valence-electron chi connectivity index (χ3n) is 2.41. The molecule has 2 rings (SSSR count). The van der Waals surface area contributed by atoms with Gasteiger partial charge in [0.2, 0.25) is 0 Å². The van der Waals surface area contributed by atoms with Gasteiger partial charge in [0, 0.05) is 13.0 Å². The van der Waals surface area contributed by atoms with Crippen LogP contribution in [0.15, 0.2) is 30.3 Å². The topological polar surface area (TPSA) is 49.8 Å². The summed E-state index contributed by atoms with van der Waals surface area (Å²) in [4.78, 5) is 11.6. The molecule has 1 heterocycles. The van der Waals surface area contributed by atoms with Crippen LogP contribution < -0.4 is 0 Å². The number of hydroxylamine groups is 2. The molecule has 1 fully saturated rings. The third-order valence-corrected chi connectivity index (χ3v) is 2.41. The zero-order valence-electron chi connectivity index (χ0n) is 8.30. The van der Waals surface area contributed by atoms with Crippen LogP contribution in [-0.2, 0) is 4.74 Å². The number of rotatable bonds is 2. The van der Waals surface area contributed by atoms with Crippen molar-refractivity contribution < 1.29 is 14.7 Å². The molecular formula is C11H13NO3. The van der Waals surface area contributed by atoms with Gasteiger partial charge in [-0.2, -0.15) is 5.06 Å². The van der Waals surface area contributed by atoms with Crippen molar-refractivity contribution in [2.24, 2.45) is 0 Å². The van der Waals surface area contributed by atoms with Crippen molar-refractivity contribution in [3.63, 3.8) is 0 Å². The van der Waals surface area contributed by atoms with E-state index in [0.29, 0.717) is 25.1 Å². The average Bonchev–Trinajstić information content (AvgIpc) is 2.65. The first-order valence-electron chi connectivity index (χ1n) is 4.95. The Balaban J connectivity index is 1.93. The maximum absolute atomic E-state index is 11.6. The first kappa shape index (κ1) is 10.1. The normalized spacial score (nSPS) is 21.5. The molecule has 0 aromatic heterocycles. The van der Waals surface area contributed by atoms with Crippen LogP contribution in [0.4, 0.5) is 0 Å². The monoisotopic (exact) mass is 207 g/mol. The second kappa shape index (κ2) is 4.42. The molecule has 1 saturated heterocycles. The molecule has 4 heteroatoms. The van der Waals surface area contributed by atoms with E-state index < -0.39 is 0 Å². The van der Waals surface area contributed by atoms with E-state index in [1.54, 1.807) is 24.3 Å². The second-order valence-corrected chi connectivity index (χ2v) is 3.59. The highest BCUT2D eigenvalue weighted by molar-refractivity contribution is 5.89. The van der Waals surface area contributed by atoms with E-state index in [9.17, 15) is 4.79 Å². The average molecular weight is 207 g/mol. The fourth-order valence-corrected chi connectivity index (χ4v) is 1.60. The summed E-state index contributed by atoms with van der Waals surface area (Å²) in [5, 5.41) is 10.3. The fraction of sp³-hybridized carbons (Fsp3) is 0.364. The van der Waals surface area contributed by atoms with E-state index in [1.807, 2.05) is 6.07 Å². The number of ether oxygens (including phenoxy) is 1. The van der Waals surface area contributed by atoms with Crippen molar-refractivity contribution in [3.8, 4) is 0 Å². The maximum Gasteiger partial charge on any atom is 0.338 e. The molecule has 1 N–H and O–H groups in total. The lowest BCUT2D eigenvalue weighted by Crippen LogP contribution is -2.22. The summed E-state index contributed by atoms with van der Waals surface area (Å²) in [6.07, 6.45) is 0.498. The lowest BCUT2D eigenvalue weighted by atomic mass is 10.2. The predicted molar refractivity (Wildman–Crippen MR) is 53.6 cm³/mol. The number of carbonyl (C=O) groups excluding carboxylic acids is 1. The summed E-state index contributed by atoms with van der Waals surface area (Å²) >= 11 is 0. The molecule has 0 saturated carbocycles. The molecule has 15 heavy (non-hydrogen) atoms. The van der Waals surface area contributed by atoms with E-state index >= 15 is 0 Å². The highest BCUT2D eigenvalue weighted by atomic mass is 16.6. The van der Waals surface area contributed by atoms with Gasteiger partial charge in [0.25, 0.3) is 0 Å². The SMILES string of the molecule is O=C(O[C@@H]1CCN(O)C1)c1ccccc1. The minimum absolute atomic E-state index is 0.192. The molecule has 1 aliphatic heterocycles. The lowest BCUT2D eigenvalue weighted by molar-refractivity contribution is -0.0773. The molecule has 1 atom stereocenters. The van der Waals surface area contributed by atoms with Gasteiger partial charge in [-0.1, -0.05) is 18.2 Å². The molecule has 0 bridgehead atoms. The van der Waals surface area contributed by atoms with Gasteiger partial charge in [-0.15, -0.1) is 0 Å². The Kier molecular flexibility index (Phi) is 2.99. The molecule has 1 aliphatic rings. The van der Waals surface area contributed by atoms with Gasteiger partial charge >= 0.3 is 5.97 Å². The lowest BCUT2D eigenvalue weighted by Gasteiger charge is -2.11. The molecule has 0 aliphatic carbocycles. The standard InChI is InChI=1S/C11H13NO3/c13-11(9-4-2-1-3-5-9)15-10-6-7-12(14)8-10/h1-5,10,14H,6-8H2/t10-/m1/s1. The molecule has 0 unspecified atom stereocenters. The Bertz CT molecular complexity index is 339. The number of benzene rings is 1. The summed E-state index contributed by atoms with van der Waals surface area (Å²) in [5.74, 6) is -0.323.